The van der Waals surface area contributed by atoms with Gasteiger partial charge in [-0.2, -0.15) is 0 Å². The zero-order valence-corrected chi connectivity index (χ0v) is 20.5. The highest BCUT2D eigenvalue weighted by Crippen LogP contribution is 2.43. The molecule has 4 aliphatic rings. The van der Waals surface area contributed by atoms with Crippen molar-refractivity contribution in [2.24, 2.45) is 0 Å². The van der Waals surface area contributed by atoms with E-state index in [-0.39, 0.29) is 11.8 Å². The third-order valence-corrected chi connectivity index (χ3v) is 7.34. The second-order valence-corrected chi connectivity index (χ2v) is 9.55. The monoisotopic (exact) mass is 517 g/mol. The van der Waals surface area contributed by atoms with E-state index in [0.29, 0.717) is 30.7 Å². The second-order valence-electron chi connectivity index (χ2n) is 9.55. The van der Waals surface area contributed by atoms with Crippen LogP contribution in [0.5, 0.6) is 5.75 Å². The summed E-state index contributed by atoms with van der Waals surface area (Å²) in [5.74, 6) is 0.310. The molecule has 3 aromatic rings. The molecule has 2 saturated heterocycles. The lowest BCUT2D eigenvalue weighted by Gasteiger charge is -2.20. The van der Waals surface area contributed by atoms with Crippen molar-refractivity contribution >= 4 is 40.8 Å². The van der Waals surface area contributed by atoms with Crippen LogP contribution in [-0.4, -0.2) is 48.8 Å². The summed E-state index contributed by atoms with van der Waals surface area (Å²) in [6, 6.07) is 8.84. The van der Waals surface area contributed by atoms with E-state index in [0.717, 1.165) is 33.4 Å². The van der Waals surface area contributed by atoms with E-state index in [2.05, 4.69) is 21.3 Å². The zero-order chi connectivity index (χ0) is 26.8. The van der Waals surface area contributed by atoms with E-state index >= 15 is 0 Å². The molecule has 0 radical (unpaired) electrons. The van der Waals surface area contributed by atoms with Gasteiger partial charge < -0.3 is 24.7 Å². The normalized spacial score (nSPS) is 23.1. The highest BCUT2D eigenvalue weighted by atomic mass is 16.5. The molecule has 1 aromatic heterocycles. The maximum Gasteiger partial charge on any atom is 0.322 e. The van der Waals surface area contributed by atoms with Gasteiger partial charge in [0.15, 0.2) is 6.04 Å². The van der Waals surface area contributed by atoms with Gasteiger partial charge in [-0.05, 0) is 53.8 Å². The molecule has 1 aliphatic carbocycles. The summed E-state index contributed by atoms with van der Waals surface area (Å²) < 4.78 is 10.8. The minimum atomic E-state index is -1.04. The van der Waals surface area contributed by atoms with Crippen LogP contribution < -0.4 is 26.0 Å². The van der Waals surface area contributed by atoms with Crippen LogP contribution in [0.25, 0.3) is 11.0 Å². The average Bonchev–Trinajstić information content (AvgIpc) is 3.67. The van der Waals surface area contributed by atoms with Gasteiger partial charge in [0.1, 0.15) is 22.6 Å². The number of nitrogens with one attached hydrogen (secondary N) is 4. The van der Waals surface area contributed by atoms with Gasteiger partial charge in [0, 0.05) is 24.5 Å². The number of methoxy groups -OCH3 is 1. The van der Waals surface area contributed by atoms with Crippen molar-refractivity contribution in [3.63, 3.8) is 0 Å². The summed E-state index contributed by atoms with van der Waals surface area (Å²) in [5, 5.41) is 10.4. The molecule has 4 heterocycles. The maximum absolute atomic E-state index is 12.3. The van der Waals surface area contributed by atoms with Gasteiger partial charge in [-0.3, -0.25) is 25.0 Å². The Morgan fingerprint density at radius 1 is 1.03 bits per heavy atom. The minimum absolute atomic E-state index is 0.0777. The Balaban J connectivity index is 0.000000171. The Hall–Kier alpha value is -4.87. The summed E-state index contributed by atoms with van der Waals surface area (Å²) >= 11 is 0. The third-order valence-electron chi connectivity index (χ3n) is 7.34. The number of carbonyl (C=O) groups is 5. The lowest BCUT2D eigenvalue weighted by Crippen LogP contribution is -2.41. The molecule has 38 heavy (non-hydrogen) atoms. The van der Waals surface area contributed by atoms with Gasteiger partial charge in [0.2, 0.25) is 0 Å². The van der Waals surface area contributed by atoms with Crippen molar-refractivity contribution in [2.45, 2.75) is 31.0 Å². The van der Waals surface area contributed by atoms with Crippen LogP contribution in [0, 0.1) is 0 Å². The fourth-order valence-electron chi connectivity index (χ4n) is 5.47. The number of urea groups is 2. The van der Waals surface area contributed by atoms with Crippen molar-refractivity contribution in [3.05, 3.63) is 64.4 Å². The van der Waals surface area contributed by atoms with Crippen molar-refractivity contribution < 1.29 is 33.1 Å². The number of hydrogen-bond acceptors (Lipinski definition) is 7. The fourth-order valence-corrected chi connectivity index (χ4v) is 5.47. The molecule has 7 rings (SSSR count). The molecule has 2 aromatic carbocycles. The SMILES string of the molecule is COc1ccc2c(c1)C(=O)N(C)C2.O=C1NC(=O)C(c2cc3c4c(ccc3o2)C2(CC4)NC(=O)NC2=O)N1. The lowest BCUT2D eigenvalue weighted by atomic mass is 9.91. The molecule has 3 aliphatic heterocycles. The summed E-state index contributed by atoms with van der Waals surface area (Å²) in [7, 11) is 3.40. The number of amides is 7. The molecule has 7 amide bonds. The number of hydrogen-bond donors (Lipinski definition) is 4. The van der Waals surface area contributed by atoms with Crippen LogP contribution in [0.1, 0.15) is 45.3 Å². The van der Waals surface area contributed by atoms with Crippen molar-refractivity contribution in [1.29, 1.82) is 0 Å². The van der Waals surface area contributed by atoms with Gasteiger partial charge in [-0.25, -0.2) is 9.59 Å². The quantitative estimate of drug-likeness (QED) is 0.376. The summed E-state index contributed by atoms with van der Waals surface area (Å²) in [4.78, 5) is 60.2. The summed E-state index contributed by atoms with van der Waals surface area (Å²) in [5.41, 5.74) is 2.99. The molecule has 12 nitrogen and oxygen atoms in total. The Morgan fingerprint density at radius 3 is 2.53 bits per heavy atom. The van der Waals surface area contributed by atoms with Crippen molar-refractivity contribution in [1.82, 2.24) is 26.2 Å². The third kappa shape index (κ3) is 3.48. The van der Waals surface area contributed by atoms with E-state index in [1.165, 1.54) is 0 Å². The van der Waals surface area contributed by atoms with Crippen LogP contribution in [0.3, 0.4) is 0 Å². The first-order chi connectivity index (χ1) is 18.2. The van der Waals surface area contributed by atoms with Crippen LogP contribution in [0.4, 0.5) is 9.59 Å². The number of nitrogens with zero attached hydrogens (tertiary/aromatic N) is 1. The second kappa shape index (κ2) is 8.33. The maximum atomic E-state index is 12.3. The first-order valence-corrected chi connectivity index (χ1v) is 11.9. The predicted molar refractivity (Wildman–Crippen MR) is 131 cm³/mol. The number of rotatable bonds is 2. The van der Waals surface area contributed by atoms with E-state index in [9.17, 15) is 24.0 Å². The molecule has 1 spiro atoms. The molecule has 12 heteroatoms. The van der Waals surface area contributed by atoms with Crippen LogP contribution in [0.15, 0.2) is 40.8 Å². The first-order valence-electron chi connectivity index (χ1n) is 11.9. The molecule has 4 N–H and O–H groups in total. The minimum Gasteiger partial charge on any atom is -0.497 e. The van der Waals surface area contributed by atoms with Crippen molar-refractivity contribution in [2.75, 3.05) is 14.2 Å². The average molecular weight is 517 g/mol. The Kier molecular flexibility index (Phi) is 5.16. The van der Waals surface area contributed by atoms with Gasteiger partial charge in [0.25, 0.3) is 17.7 Å². The summed E-state index contributed by atoms with van der Waals surface area (Å²) in [6.45, 7) is 0.707. The first kappa shape index (κ1) is 23.5. The smallest absolute Gasteiger partial charge is 0.322 e. The predicted octanol–water partition coefficient (Wildman–Crippen LogP) is 1.57. The number of benzene rings is 2. The number of aryl methyl sites for hydroxylation is 1. The van der Waals surface area contributed by atoms with Crippen molar-refractivity contribution in [3.8, 4) is 5.75 Å². The number of furan rings is 1. The Morgan fingerprint density at radius 2 is 1.84 bits per heavy atom. The number of imide groups is 2. The fraction of sp³-hybridized carbons (Fsp3) is 0.269. The molecule has 2 unspecified atom stereocenters. The molecular formula is C26H23N5O7. The van der Waals surface area contributed by atoms with E-state index in [4.69, 9.17) is 9.15 Å². The highest BCUT2D eigenvalue weighted by molar-refractivity contribution is 6.09. The lowest BCUT2D eigenvalue weighted by molar-refractivity contribution is -0.124. The number of carbonyl (C=O) groups excluding carboxylic acids is 5. The van der Waals surface area contributed by atoms with Gasteiger partial charge in [0.05, 0.1) is 7.11 Å². The van der Waals surface area contributed by atoms with Gasteiger partial charge in [-0.15, -0.1) is 0 Å². The highest BCUT2D eigenvalue weighted by Gasteiger charge is 2.52. The van der Waals surface area contributed by atoms with Gasteiger partial charge in [-0.1, -0.05) is 12.1 Å². The van der Waals surface area contributed by atoms with Crippen LogP contribution >= 0.6 is 0 Å². The number of ether oxygens (including phenoxy) is 1. The topological polar surface area (TPSA) is 159 Å². The Bertz CT molecular complexity index is 1580. The largest absolute Gasteiger partial charge is 0.497 e. The van der Waals surface area contributed by atoms with E-state index < -0.39 is 29.6 Å². The molecule has 194 valence electrons. The summed E-state index contributed by atoms with van der Waals surface area (Å²) in [6.07, 6.45) is 1.04. The molecular weight excluding hydrogens is 494 g/mol. The van der Waals surface area contributed by atoms with E-state index in [1.54, 1.807) is 43.3 Å². The van der Waals surface area contributed by atoms with Crippen LogP contribution in [-0.2, 0) is 28.1 Å². The molecule has 2 fully saturated rings. The number of fused-ring (bicyclic) bond motifs is 5. The molecule has 0 bridgehead atoms. The zero-order valence-electron chi connectivity index (χ0n) is 20.5. The molecule has 0 saturated carbocycles. The molecule has 2 atom stereocenters. The van der Waals surface area contributed by atoms with E-state index in [1.807, 2.05) is 12.1 Å². The van der Waals surface area contributed by atoms with Gasteiger partial charge >= 0.3 is 12.1 Å². The Labute approximate surface area is 215 Å². The van der Waals surface area contributed by atoms with Crippen LogP contribution in [0.2, 0.25) is 0 Å². The standard InChI is InChI=1S/C16H12N4O5.C10H11NO2/c21-12-11(17-14(23)18-12)10-5-7-6-3-4-16(13(22)19-15(24)20-16)8(6)1-2-9(7)25-10;1-11-6-7-3-4-8(13-2)5-9(7)10(11)12/h1-2,5,11H,3-4H2,(H2,17,18,21,23)(H2,19,20,22,24);3-5H,6H2,1-2H3.